The summed E-state index contributed by atoms with van der Waals surface area (Å²) in [6.45, 7) is 0.749. The standard InChI is InChI=1S/C19H21FN2O2S2/c1-24-18(23)15-4-2-5-17(12-15)22-19(25)21-10-3-11-26-13-14-6-8-16(20)9-7-14/h2,4-9,12H,3,10-11,13H2,1H3,(H2,21,22,25). The molecule has 0 spiro atoms. The van der Waals surface area contributed by atoms with Crippen LogP contribution < -0.4 is 10.6 Å². The molecule has 0 aliphatic rings. The molecule has 0 aliphatic carbocycles. The second kappa shape index (κ2) is 10.8. The van der Waals surface area contributed by atoms with E-state index in [2.05, 4.69) is 10.6 Å². The lowest BCUT2D eigenvalue weighted by Crippen LogP contribution is -2.29. The van der Waals surface area contributed by atoms with Gasteiger partial charge in [-0.25, -0.2) is 9.18 Å². The molecule has 0 saturated carbocycles. The van der Waals surface area contributed by atoms with Crippen LogP contribution in [0.2, 0.25) is 0 Å². The second-order valence-electron chi connectivity index (χ2n) is 5.49. The summed E-state index contributed by atoms with van der Waals surface area (Å²) in [7, 11) is 1.35. The number of benzene rings is 2. The average molecular weight is 393 g/mol. The first-order valence-electron chi connectivity index (χ1n) is 8.14. The van der Waals surface area contributed by atoms with E-state index >= 15 is 0 Å². The molecule has 0 unspecified atom stereocenters. The first-order chi connectivity index (χ1) is 12.6. The Labute approximate surface area is 162 Å². The highest BCUT2D eigenvalue weighted by Crippen LogP contribution is 2.14. The van der Waals surface area contributed by atoms with Gasteiger partial charge in [-0.05, 0) is 60.3 Å². The van der Waals surface area contributed by atoms with Crippen LogP contribution in [0.4, 0.5) is 10.1 Å². The number of methoxy groups -OCH3 is 1. The third kappa shape index (κ3) is 7.01. The Morgan fingerprint density at radius 3 is 2.73 bits per heavy atom. The summed E-state index contributed by atoms with van der Waals surface area (Å²) in [4.78, 5) is 11.5. The van der Waals surface area contributed by atoms with Gasteiger partial charge in [0.2, 0.25) is 0 Å². The predicted octanol–water partition coefficient (Wildman–Crippen LogP) is 4.22. The number of ether oxygens (including phenoxy) is 1. The van der Waals surface area contributed by atoms with E-state index in [-0.39, 0.29) is 11.8 Å². The van der Waals surface area contributed by atoms with Crippen LogP contribution in [-0.2, 0) is 10.5 Å². The van der Waals surface area contributed by atoms with E-state index in [1.165, 1.54) is 19.2 Å². The lowest BCUT2D eigenvalue weighted by Gasteiger charge is -2.11. The Morgan fingerprint density at radius 1 is 1.23 bits per heavy atom. The topological polar surface area (TPSA) is 50.4 Å². The van der Waals surface area contributed by atoms with E-state index in [1.54, 1.807) is 30.0 Å². The second-order valence-corrected chi connectivity index (χ2v) is 7.00. The Bertz CT molecular complexity index is 739. The number of rotatable bonds is 8. The maximum atomic E-state index is 12.8. The minimum absolute atomic E-state index is 0.207. The van der Waals surface area contributed by atoms with Gasteiger partial charge in [-0.15, -0.1) is 0 Å². The lowest BCUT2D eigenvalue weighted by molar-refractivity contribution is 0.0601. The Hall–Kier alpha value is -2.12. The van der Waals surface area contributed by atoms with Gasteiger partial charge < -0.3 is 15.4 Å². The highest BCUT2D eigenvalue weighted by atomic mass is 32.2. The van der Waals surface area contributed by atoms with Crippen LogP contribution in [-0.4, -0.2) is 30.5 Å². The summed E-state index contributed by atoms with van der Waals surface area (Å²) in [5.74, 6) is 1.25. The molecule has 0 atom stereocenters. The highest BCUT2D eigenvalue weighted by Gasteiger charge is 2.06. The molecule has 0 amide bonds. The molecule has 0 aliphatic heterocycles. The van der Waals surface area contributed by atoms with Crippen molar-refractivity contribution >= 4 is 40.7 Å². The van der Waals surface area contributed by atoms with Crippen LogP contribution in [0.1, 0.15) is 22.3 Å². The van der Waals surface area contributed by atoms with Crippen molar-refractivity contribution in [3.8, 4) is 0 Å². The summed E-state index contributed by atoms with van der Waals surface area (Å²) in [5, 5.41) is 6.70. The fraction of sp³-hybridized carbons (Fsp3) is 0.263. The van der Waals surface area contributed by atoms with Crippen LogP contribution in [0, 0.1) is 5.82 Å². The number of hydrogen-bond donors (Lipinski definition) is 2. The zero-order valence-corrected chi connectivity index (χ0v) is 16.1. The first-order valence-corrected chi connectivity index (χ1v) is 9.70. The number of nitrogens with one attached hydrogen (secondary N) is 2. The van der Waals surface area contributed by atoms with Gasteiger partial charge in [-0.2, -0.15) is 11.8 Å². The molecule has 0 saturated heterocycles. The van der Waals surface area contributed by atoms with Gasteiger partial charge in [-0.1, -0.05) is 18.2 Å². The number of carbonyl (C=O) groups is 1. The zero-order valence-electron chi connectivity index (χ0n) is 14.5. The summed E-state index contributed by atoms with van der Waals surface area (Å²) in [5.41, 5.74) is 2.32. The fourth-order valence-electron chi connectivity index (χ4n) is 2.16. The van der Waals surface area contributed by atoms with Crippen molar-refractivity contribution in [2.75, 3.05) is 24.7 Å². The predicted molar refractivity (Wildman–Crippen MR) is 109 cm³/mol. The molecule has 138 valence electrons. The molecule has 0 heterocycles. The molecule has 0 fully saturated rings. The van der Waals surface area contributed by atoms with Crippen molar-refractivity contribution in [2.24, 2.45) is 0 Å². The number of halogens is 1. The van der Waals surface area contributed by atoms with Gasteiger partial charge in [0.25, 0.3) is 0 Å². The lowest BCUT2D eigenvalue weighted by atomic mass is 10.2. The monoisotopic (exact) mass is 392 g/mol. The van der Waals surface area contributed by atoms with Crippen molar-refractivity contribution < 1.29 is 13.9 Å². The van der Waals surface area contributed by atoms with Crippen molar-refractivity contribution in [2.45, 2.75) is 12.2 Å². The third-order valence-electron chi connectivity index (χ3n) is 3.47. The molecule has 2 rings (SSSR count). The molecule has 26 heavy (non-hydrogen) atoms. The summed E-state index contributed by atoms with van der Waals surface area (Å²) in [6, 6.07) is 13.6. The number of thiocarbonyl (C=S) groups is 1. The van der Waals surface area contributed by atoms with Crippen LogP contribution in [0.15, 0.2) is 48.5 Å². The SMILES string of the molecule is COC(=O)c1cccc(NC(=S)NCCCSCc2ccc(F)cc2)c1. The maximum Gasteiger partial charge on any atom is 0.337 e. The Balaban J connectivity index is 1.63. The summed E-state index contributed by atoms with van der Waals surface area (Å²) < 4.78 is 17.5. The molecule has 2 aromatic carbocycles. The largest absolute Gasteiger partial charge is 0.465 e. The van der Waals surface area contributed by atoms with Crippen molar-refractivity contribution in [1.82, 2.24) is 5.32 Å². The van der Waals surface area contributed by atoms with Crippen LogP contribution >= 0.6 is 24.0 Å². The first kappa shape index (κ1) is 20.2. The van der Waals surface area contributed by atoms with Crippen molar-refractivity contribution in [3.63, 3.8) is 0 Å². The van der Waals surface area contributed by atoms with Crippen LogP contribution in [0.5, 0.6) is 0 Å². The van der Waals surface area contributed by atoms with E-state index in [1.807, 2.05) is 18.2 Å². The molecule has 2 N–H and O–H groups in total. The summed E-state index contributed by atoms with van der Waals surface area (Å²) in [6.07, 6.45) is 0.954. The van der Waals surface area contributed by atoms with E-state index in [9.17, 15) is 9.18 Å². The Kier molecular flexibility index (Phi) is 8.37. The van der Waals surface area contributed by atoms with Crippen molar-refractivity contribution in [1.29, 1.82) is 0 Å². The highest BCUT2D eigenvalue weighted by molar-refractivity contribution is 7.98. The minimum Gasteiger partial charge on any atom is -0.465 e. The number of thioether (sulfide) groups is 1. The van der Waals surface area contributed by atoms with Gasteiger partial charge >= 0.3 is 5.97 Å². The van der Waals surface area contributed by atoms with Gasteiger partial charge in [0, 0.05) is 18.0 Å². The number of carbonyl (C=O) groups excluding carboxylic acids is 1. The number of hydrogen-bond acceptors (Lipinski definition) is 4. The van der Waals surface area contributed by atoms with E-state index in [4.69, 9.17) is 17.0 Å². The quantitative estimate of drug-likeness (QED) is 0.398. The van der Waals surface area contributed by atoms with E-state index in [0.717, 1.165) is 35.7 Å². The number of anilines is 1. The maximum absolute atomic E-state index is 12.8. The Morgan fingerprint density at radius 2 is 2.00 bits per heavy atom. The van der Waals surface area contributed by atoms with Crippen LogP contribution in [0.25, 0.3) is 0 Å². The van der Waals surface area contributed by atoms with E-state index < -0.39 is 0 Å². The normalized spacial score (nSPS) is 10.2. The molecule has 4 nitrogen and oxygen atoms in total. The smallest absolute Gasteiger partial charge is 0.337 e. The molecular formula is C19H21FN2O2S2. The molecule has 0 aromatic heterocycles. The molecule has 0 radical (unpaired) electrons. The molecule has 0 bridgehead atoms. The van der Waals surface area contributed by atoms with Gasteiger partial charge in [0.15, 0.2) is 5.11 Å². The minimum atomic E-state index is -0.384. The van der Waals surface area contributed by atoms with Gasteiger partial charge in [0.1, 0.15) is 5.82 Å². The zero-order chi connectivity index (χ0) is 18.8. The third-order valence-corrected chi connectivity index (χ3v) is 4.84. The van der Waals surface area contributed by atoms with Crippen LogP contribution in [0.3, 0.4) is 0 Å². The molecular weight excluding hydrogens is 371 g/mol. The molecule has 7 heteroatoms. The fourth-order valence-corrected chi connectivity index (χ4v) is 3.30. The van der Waals surface area contributed by atoms with Gasteiger partial charge in [0.05, 0.1) is 12.7 Å². The van der Waals surface area contributed by atoms with Gasteiger partial charge in [-0.3, -0.25) is 0 Å². The van der Waals surface area contributed by atoms with E-state index in [0.29, 0.717) is 10.7 Å². The van der Waals surface area contributed by atoms with Crippen molar-refractivity contribution in [3.05, 3.63) is 65.5 Å². The number of esters is 1. The summed E-state index contributed by atoms with van der Waals surface area (Å²) >= 11 is 7.06. The average Bonchev–Trinajstić information content (AvgIpc) is 2.65. The molecule has 2 aromatic rings.